The standard InChI is InChI=1S/C12H13NOS2/c1-9-8-16-12(13-9)7-10(14)4-5-11-3-2-6-15-11/h2-3,6,8H,4-5,7H2,1H3. The second kappa shape index (κ2) is 5.37. The molecule has 2 nitrogen and oxygen atoms in total. The molecule has 2 heterocycles. The molecule has 0 amide bonds. The van der Waals surface area contributed by atoms with Crippen LogP contribution in [0.1, 0.15) is 22.0 Å². The number of hydrogen-bond donors (Lipinski definition) is 0. The summed E-state index contributed by atoms with van der Waals surface area (Å²) < 4.78 is 0. The van der Waals surface area contributed by atoms with Gasteiger partial charge in [-0.1, -0.05) is 6.07 Å². The van der Waals surface area contributed by atoms with Gasteiger partial charge in [-0.05, 0) is 24.8 Å². The molecule has 0 aromatic carbocycles. The fraction of sp³-hybridized carbons (Fsp3) is 0.333. The molecular weight excluding hydrogens is 238 g/mol. The molecule has 16 heavy (non-hydrogen) atoms. The Bertz CT molecular complexity index is 459. The average molecular weight is 251 g/mol. The van der Waals surface area contributed by atoms with Crippen molar-refractivity contribution in [3.8, 4) is 0 Å². The van der Waals surface area contributed by atoms with Crippen LogP contribution in [0.5, 0.6) is 0 Å². The lowest BCUT2D eigenvalue weighted by Crippen LogP contribution is -2.03. The van der Waals surface area contributed by atoms with Gasteiger partial charge in [-0.2, -0.15) is 0 Å². The fourth-order valence-electron chi connectivity index (χ4n) is 1.46. The highest BCUT2D eigenvalue weighted by Gasteiger charge is 2.07. The fourth-order valence-corrected chi connectivity index (χ4v) is 2.97. The van der Waals surface area contributed by atoms with Crippen molar-refractivity contribution in [1.29, 1.82) is 0 Å². The molecule has 2 aromatic rings. The highest BCUT2D eigenvalue weighted by Crippen LogP contribution is 2.14. The summed E-state index contributed by atoms with van der Waals surface area (Å²) in [6.45, 7) is 1.95. The van der Waals surface area contributed by atoms with Crippen molar-refractivity contribution >= 4 is 28.5 Å². The molecule has 0 atom stereocenters. The van der Waals surface area contributed by atoms with E-state index in [-0.39, 0.29) is 5.78 Å². The number of nitrogens with zero attached hydrogens (tertiary/aromatic N) is 1. The van der Waals surface area contributed by atoms with E-state index in [9.17, 15) is 4.79 Å². The minimum absolute atomic E-state index is 0.280. The number of carbonyl (C=O) groups excluding carboxylic acids is 1. The van der Waals surface area contributed by atoms with Crippen LogP contribution >= 0.6 is 22.7 Å². The summed E-state index contributed by atoms with van der Waals surface area (Å²) in [4.78, 5) is 17.3. The predicted molar refractivity (Wildman–Crippen MR) is 68.2 cm³/mol. The largest absolute Gasteiger partial charge is 0.299 e. The van der Waals surface area contributed by atoms with Gasteiger partial charge in [0, 0.05) is 22.4 Å². The molecule has 0 saturated carbocycles. The number of carbonyl (C=O) groups is 1. The molecule has 2 aromatic heterocycles. The van der Waals surface area contributed by atoms with Crippen molar-refractivity contribution < 1.29 is 4.79 Å². The van der Waals surface area contributed by atoms with Crippen LogP contribution in [0, 0.1) is 6.92 Å². The Morgan fingerprint density at radius 1 is 1.44 bits per heavy atom. The molecule has 0 fully saturated rings. The molecule has 4 heteroatoms. The van der Waals surface area contributed by atoms with Gasteiger partial charge in [0.2, 0.25) is 0 Å². The predicted octanol–water partition coefficient (Wildman–Crippen LogP) is 3.26. The minimum atomic E-state index is 0.280. The van der Waals surface area contributed by atoms with Crippen molar-refractivity contribution in [3.05, 3.63) is 38.5 Å². The summed E-state index contributed by atoms with van der Waals surface area (Å²) >= 11 is 3.28. The van der Waals surface area contributed by atoms with Gasteiger partial charge in [0.1, 0.15) is 10.8 Å². The molecule has 0 spiro atoms. The van der Waals surface area contributed by atoms with Crippen LogP contribution in [0.3, 0.4) is 0 Å². The molecule has 0 unspecified atom stereocenters. The van der Waals surface area contributed by atoms with E-state index in [4.69, 9.17) is 0 Å². The lowest BCUT2D eigenvalue weighted by molar-refractivity contribution is -0.118. The van der Waals surface area contributed by atoms with Gasteiger partial charge < -0.3 is 0 Å². The molecule has 0 aliphatic heterocycles. The molecule has 0 radical (unpaired) electrons. The monoisotopic (exact) mass is 251 g/mol. The molecule has 0 aliphatic rings. The van der Waals surface area contributed by atoms with Crippen LogP contribution in [0.4, 0.5) is 0 Å². The van der Waals surface area contributed by atoms with Gasteiger partial charge in [-0.25, -0.2) is 4.98 Å². The second-order valence-corrected chi connectivity index (χ2v) is 5.65. The zero-order valence-corrected chi connectivity index (χ0v) is 10.7. The molecule has 0 saturated heterocycles. The van der Waals surface area contributed by atoms with Crippen LogP contribution in [-0.4, -0.2) is 10.8 Å². The summed E-state index contributed by atoms with van der Waals surface area (Å²) in [5, 5.41) is 4.97. The Morgan fingerprint density at radius 3 is 2.94 bits per heavy atom. The Balaban J connectivity index is 1.81. The number of Topliss-reactive ketones (excluding diaryl/α,β-unsaturated/α-hetero) is 1. The summed E-state index contributed by atoms with van der Waals surface area (Å²) in [7, 11) is 0. The first-order valence-electron chi connectivity index (χ1n) is 5.19. The number of hydrogen-bond acceptors (Lipinski definition) is 4. The van der Waals surface area contributed by atoms with Gasteiger partial charge in [0.05, 0.1) is 6.42 Å². The van der Waals surface area contributed by atoms with E-state index in [1.807, 2.05) is 23.8 Å². The Kier molecular flexibility index (Phi) is 3.85. The summed E-state index contributed by atoms with van der Waals surface area (Å²) in [6.07, 6.45) is 1.98. The number of ketones is 1. The third-order valence-electron chi connectivity index (χ3n) is 2.25. The lowest BCUT2D eigenvalue weighted by atomic mass is 10.1. The number of aryl methyl sites for hydroxylation is 2. The van der Waals surface area contributed by atoms with Crippen LogP contribution < -0.4 is 0 Å². The molecule has 0 bridgehead atoms. The zero-order chi connectivity index (χ0) is 11.4. The summed E-state index contributed by atoms with van der Waals surface area (Å²) in [5.41, 5.74) is 1.01. The maximum Gasteiger partial charge on any atom is 0.140 e. The highest BCUT2D eigenvalue weighted by atomic mass is 32.1. The van der Waals surface area contributed by atoms with Crippen molar-refractivity contribution in [2.45, 2.75) is 26.2 Å². The quantitative estimate of drug-likeness (QED) is 0.816. The van der Waals surface area contributed by atoms with E-state index in [2.05, 4.69) is 11.1 Å². The number of rotatable bonds is 5. The number of aromatic nitrogens is 1. The van der Waals surface area contributed by atoms with E-state index in [1.54, 1.807) is 22.7 Å². The van der Waals surface area contributed by atoms with Gasteiger partial charge in [0.25, 0.3) is 0 Å². The van der Waals surface area contributed by atoms with Gasteiger partial charge in [0.15, 0.2) is 0 Å². The highest BCUT2D eigenvalue weighted by molar-refractivity contribution is 7.10. The van der Waals surface area contributed by atoms with Crippen molar-refractivity contribution in [3.63, 3.8) is 0 Å². The van der Waals surface area contributed by atoms with Crippen LogP contribution in [0.25, 0.3) is 0 Å². The van der Waals surface area contributed by atoms with Gasteiger partial charge in [-0.3, -0.25) is 4.79 Å². The third-order valence-corrected chi connectivity index (χ3v) is 4.15. The lowest BCUT2D eigenvalue weighted by Gasteiger charge is -1.96. The first-order chi connectivity index (χ1) is 7.74. The van der Waals surface area contributed by atoms with Crippen LogP contribution in [-0.2, 0) is 17.6 Å². The normalized spacial score (nSPS) is 10.6. The molecule has 84 valence electrons. The number of thiophene rings is 1. The van der Waals surface area contributed by atoms with E-state index >= 15 is 0 Å². The third kappa shape index (κ3) is 3.25. The van der Waals surface area contributed by atoms with E-state index in [1.165, 1.54) is 4.88 Å². The molecule has 0 N–H and O–H groups in total. The number of thiazole rings is 1. The van der Waals surface area contributed by atoms with Crippen molar-refractivity contribution in [2.24, 2.45) is 0 Å². The van der Waals surface area contributed by atoms with Crippen LogP contribution in [0.15, 0.2) is 22.9 Å². The van der Waals surface area contributed by atoms with E-state index < -0.39 is 0 Å². The molecular formula is C12H13NOS2. The SMILES string of the molecule is Cc1csc(CC(=O)CCc2cccs2)n1. The van der Waals surface area contributed by atoms with Gasteiger partial charge in [-0.15, -0.1) is 22.7 Å². The minimum Gasteiger partial charge on any atom is -0.299 e. The maximum absolute atomic E-state index is 11.7. The summed E-state index contributed by atoms with van der Waals surface area (Å²) in [6, 6.07) is 4.10. The second-order valence-electron chi connectivity index (χ2n) is 3.68. The zero-order valence-electron chi connectivity index (χ0n) is 9.10. The maximum atomic E-state index is 11.7. The van der Waals surface area contributed by atoms with E-state index in [0.29, 0.717) is 12.8 Å². The Morgan fingerprint density at radius 2 is 2.31 bits per heavy atom. The Hall–Kier alpha value is -1.00. The average Bonchev–Trinajstić information content (AvgIpc) is 2.87. The topological polar surface area (TPSA) is 30.0 Å². The first-order valence-corrected chi connectivity index (χ1v) is 6.95. The molecule has 2 rings (SSSR count). The summed E-state index contributed by atoms with van der Waals surface area (Å²) in [5.74, 6) is 0.280. The Labute approximate surface area is 103 Å². The van der Waals surface area contributed by atoms with Crippen LogP contribution in [0.2, 0.25) is 0 Å². The van der Waals surface area contributed by atoms with Crippen molar-refractivity contribution in [2.75, 3.05) is 0 Å². The van der Waals surface area contributed by atoms with Crippen molar-refractivity contribution in [1.82, 2.24) is 4.98 Å². The first kappa shape index (κ1) is 11.5. The smallest absolute Gasteiger partial charge is 0.140 e. The van der Waals surface area contributed by atoms with E-state index in [0.717, 1.165) is 17.1 Å². The molecule has 0 aliphatic carbocycles. The van der Waals surface area contributed by atoms with Gasteiger partial charge >= 0.3 is 0 Å².